The van der Waals surface area contributed by atoms with Crippen molar-refractivity contribution >= 4 is 11.9 Å². The Kier molecular flexibility index (Phi) is 5.72. The Morgan fingerprint density at radius 1 is 1.05 bits per heavy atom. The van der Waals surface area contributed by atoms with Crippen LogP contribution in [0, 0.1) is 0 Å². The molecule has 1 heterocycles. The first-order valence-electron chi connectivity index (χ1n) is 6.28. The van der Waals surface area contributed by atoms with Crippen molar-refractivity contribution in [1.82, 2.24) is 4.57 Å². The van der Waals surface area contributed by atoms with Crippen LogP contribution in [-0.4, -0.2) is 39.9 Å². The maximum atomic E-state index is 11.5. The number of hydrogen-bond donors (Lipinski definition) is 2. The van der Waals surface area contributed by atoms with Crippen LogP contribution in [-0.2, 0) is 26.1 Å². The second-order valence-electron chi connectivity index (χ2n) is 4.05. The van der Waals surface area contributed by atoms with Gasteiger partial charge in [-0.2, -0.15) is 0 Å². The third-order valence-corrected chi connectivity index (χ3v) is 2.78. The summed E-state index contributed by atoms with van der Waals surface area (Å²) in [5, 5.41) is 19.7. The van der Waals surface area contributed by atoms with Gasteiger partial charge in [0.2, 0.25) is 0 Å². The highest BCUT2D eigenvalue weighted by molar-refractivity contribution is 5.77. The summed E-state index contributed by atoms with van der Waals surface area (Å²) in [4.78, 5) is 22.9. The van der Waals surface area contributed by atoms with Crippen molar-refractivity contribution in [3.63, 3.8) is 0 Å². The molecule has 0 spiro atoms. The van der Waals surface area contributed by atoms with Gasteiger partial charge in [-0.15, -0.1) is 0 Å². The number of esters is 2. The zero-order valence-corrected chi connectivity index (χ0v) is 11.7. The molecular weight excluding hydrogens is 266 g/mol. The summed E-state index contributed by atoms with van der Waals surface area (Å²) < 4.78 is 10.8. The van der Waals surface area contributed by atoms with Gasteiger partial charge in [-0.05, 0) is 26.0 Å². The van der Waals surface area contributed by atoms with E-state index in [1.165, 1.54) is 23.7 Å². The minimum atomic E-state index is -1.47. The normalized spacial score (nSPS) is 13.7. The topological polar surface area (TPSA) is 98.0 Å². The third kappa shape index (κ3) is 3.37. The monoisotopic (exact) mass is 285 g/mol. The summed E-state index contributed by atoms with van der Waals surface area (Å²) in [5.74, 6) is -1.57. The second kappa shape index (κ2) is 7.06. The molecule has 0 saturated carbocycles. The van der Waals surface area contributed by atoms with E-state index in [1.54, 1.807) is 13.8 Å². The maximum absolute atomic E-state index is 11.5. The standard InChI is InChI=1S/C13H19NO6/c1-4-19-12(17)10(15)8-6-7-9(14(8)3)11(16)13(18)20-5-2/h6-7,10-11,15-16H,4-5H2,1-3H3. The van der Waals surface area contributed by atoms with Crippen molar-refractivity contribution in [2.75, 3.05) is 13.2 Å². The lowest BCUT2D eigenvalue weighted by Crippen LogP contribution is -2.21. The highest BCUT2D eigenvalue weighted by atomic mass is 16.5. The van der Waals surface area contributed by atoms with E-state index >= 15 is 0 Å². The summed E-state index contributed by atoms with van der Waals surface area (Å²) in [5.41, 5.74) is 0.448. The first-order chi connectivity index (χ1) is 9.43. The van der Waals surface area contributed by atoms with Crippen molar-refractivity contribution in [2.45, 2.75) is 26.1 Å². The molecule has 0 saturated heterocycles. The molecule has 0 aliphatic rings. The fourth-order valence-electron chi connectivity index (χ4n) is 1.78. The number of nitrogens with zero attached hydrogens (tertiary/aromatic N) is 1. The van der Waals surface area contributed by atoms with Crippen LogP contribution in [0.4, 0.5) is 0 Å². The second-order valence-corrected chi connectivity index (χ2v) is 4.05. The van der Waals surface area contributed by atoms with Crippen LogP contribution in [0.15, 0.2) is 12.1 Å². The summed E-state index contributed by atoms with van der Waals surface area (Å²) in [6.45, 7) is 3.56. The zero-order chi connectivity index (χ0) is 15.3. The number of rotatable bonds is 6. The molecule has 0 aliphatic carbocycles. The van der Waals surface area contributed by atoms with Gasteiger partial charge in [0.05, 0.1) is 24.6 Å². The van der Waals surface area contributed by atoms with Crippen LogP contribution >= 0.6 is 0 Å². The van der Waals surface area contributed by atoms with Crippen molar-refractivity contribution in [1.29, 1.82) is 0 Å². The van der Waals surface area contributed by atoms with E-state index in [0.717, 1.165) is 0 Å². The molecular formula is C13H19NO6. The number of carbonyl (C=O) groups is 2. The lowest BCUT2D eigenvalue weighted by Gasteiger charge is -2.15. The fourth-order valence-corrected chi connectivity index (χ4v) is 1.78. The average molecular weight is 285 g/mol. The third-order valence-electron chi connectivity index (χ3n) is 2.78. The van der Waals surface area contributed by atoms with Crippen molar-refractivity contribution in [3.05, 3.63) is 23.5 Å². The number of hydrogen-bond acceptors (Lipinski definition) is 6. The van der Waals surface area contributed by atoms with Gasteiger partial charge in [-0.3, -0.25) is 0 Å². The van der Waals surface area contributed by atoms with E-state index in [-0.39, 0.29) is 24.6 Å². The van der Waals surface area contributed by atoms with E-state index in [9.17, 15) is 19.8 Å². The van der Waals surface area contributed by atoms with Gasteiger partial charge in [0.25, 0.3) is 0 Å². The Hall–Kier alpha value is -1.86. The van der Waals surface area contributed by atoms with Crippen LogP contribution in [0.3, 0.4) is 0 Å². The molecule has 7 heteroatoms. The molecule has 0 fully saturated rings. The van der Waals surface area contributed by atoms with Gasteiger partial charge >= 0.3 is 11.9 Å². The molecule has 20 heavy (non-hydrogen) atoms. The van der Waals surface area contributed by atoms with Crippen molar-refractivity contribution in [2.24, 2.45) is 7.05 Å². The molecule has 1 rings (SSSR count). The zero-order valence-electron chi connectivity index (χ0n) is 11.7. The lowest BCUT2D eigenvalue weighted by molar-refractivity contribution is -0.153. The SMILES string of the molecule is CCOC(=O)C(O)c1ccc(C(O)C(=O)OCC)n1C. The van der Waals surface area contributed by atoms with Gasteiger partial charge in [-0.1, -0.05) is 0 Å². The van der Waals surface area contributed by atoms with Gasteiger partial charge in [-0.25, -0.2) is 9.59 Å². The molecule has 2 unspecified atom stereocenters. The Balaban J connectivity index is 2.94. The van der Waals surface area contributed by atoms with E-state index < -0.39 is 24.1 Å². The molecule has 7 nitrogen and oxygen atoms in total. The Morgan fingerprint density at radius 3 is 1.70 bits per heavy atom. The van der Waals surface area contributed by atoms with Gasteiger partial charge < -0.3 is 24.3 Å². The quantitative estimate of drug-likeness (QED) is 0.725. The van der Waals surface area contributed by atoms with Gasteiger partial charge in [0.15, 0.2) is 12.2 Å². The molecule has 2 N–H and O–H groups in total. The molecule has 0 radical (unpaired) electrons. The Labute approximate surface area is 116 Å². The average Bonchev–Trinajstić information content (AvgIpc) is 2.79. The minimum Gasteiger partial charge on any atom is -0.464 e. The maximum Gasteiger partial charge on any atom is 0.341 e. The molecule has 2 atom stereocenters. The molecule has 1 aromatic heterocycles. The predicted octanol–water partition coefficient (Wildman–Crippen LogP) is 0.218. The van der Waals surface area contributed by atoms with Crippen LogP contribution < -0.4 is 0 Å². The number of aliphatic hydroxyl groups is 2. The molecule has 0 aromatic carbocycles. The molecule has 112 valence electrons. The first kappa shape index (κ1) is 16.2. The minimum absolute atomic E-state index is 0.151. The van der Waals surface area contributed by atoms with Crippen molar-refractivity contribution in [3.8, 4) is 0 Å². The van der Waals surface area contributed by atoms with Crippen LogP contribution in [0.25, 0.3) is 0 Å². The highest BCUT2D eigenvalue weighted by Gasteiger charge is 2.27. The highest BCUT2D eigenvalue weighted by Crippen LogP contribution is 2.22. The predicted molar refractivity (Wildman–Crippen MR) is 68.6 cm³/mol. The largest absolute Gasteiger partial charge is 0.464 e. The van der Waals surface area contributed by atoms with E-state index in [4.69, 9.17) is 9.47 Å². The van der Waals surface area contributed by atoms with Crippen LogP contribution in [0.1, 0.15) is 37.4 Å². The number of aromatic nitrogens is 1. The van der Waals surface area contributed by atoms with Gasteiger partial charge in [0.1, 0.15) is 0 Å². The first-order valence-corrected chi connectivity index (χ1v) is 6.28. The number of aliphatic hydroxyl groups excluding tert-OH is 2. The van der Waals surface area contributed by atoms with Crippen LogP contribution in [0.2, 0.25) is 0 Å². The smallest absolute Gasteiger partial charge is 0.341 e. The summed E-state index contributed by atoms with van der Waals surface area (Å²) in [6.07, 6.45) is -2.94. The molecule has 0 amide bonds. The van der Waals surface area contributed by atoms with E-state index in [0.29, 0.717) is 0 Å². The van der Waals surface area contributed by atoms with Crippen molar-refractivity contribution < 1.29 is 29.3 Å². The fraction of sp³-hybridized carbons (Fsp3) is 0.538. The van der Waals surface area contributed by atoms with E-state index in [1.807, 2.05) is 0 Å². The molecule has 0 aliphatic heterocycles. The molecule has 0 bridgehead atoms. The summed E-state index contributed by atoms with van der Waals surface area (Å²) >= 11 is 0. The number of carbonyl (C=O) groups excluding carboxylic acids is 2. The van der Waals surface area contributed by atoms with Gasteiger partial charge in [0, 0.05) is 7.05 Å². The Morgan fingerprint density at radius 2 is 1.40 bits per heavy atom. The molecule has 1 aromatic rings. The van der Waals surface area contributed by atoms with E-state index in [2.05, 4.69) is 0 Å². The van der Waals surface area contributed by atoms with Crippen LogP contribution in [0.5, 0.6) is 0 Å². The summed E-state index contributed by atoms with van der Waals surface area (Å²) in [7, 11) is 1.52. The lowest BCUT2D eigenvalue weighted by atomic mass is 10.2. The Bertz CT molecular complexity index is 440. The number of ether oxygens (including phenoxy) is 2. The summed E-state index contributed by atoms with van der Waals surface area (Å²) in [6, 6.07) is 2.89.